The van der Waals surface area contributed by atoms with E-state index < -0.39 is 0 Å². The SMILES string of the molecule is CN1CCc2nc(Cc3ccc(N)cc3)sc2C1. The molecule has 18 heavy (non-hydrogen) atoms. The minimum Gasteiger partial charge on any atom is -0.399 e. The van der Waals surface area contributed by atoms with Crippen LogP contribution in [0.25, 0.3) is 0 Å². The first-order valence-corrected chi connectivity index (χ1v) is 7.03. The van der Waals surface area contributed by atoms with E-state index in [0.717, 1.165) is 31.6 Å². The molecule has 0 radical (unpaired) electrons. The highest BCUT2D eigenvalue weighted by molar-refractivity contribution is 7.11. The van der Waals surface area contributed by atoms with E-state index in [1.807, 2.05) is 23.5 Å². The lowest BCUT2D eigenvalue weighted by molar-refractivity contribution is 0.314. The zero-order valence-electron chi connectivity index (χ0n) is 10.5. The summed E-state index contributed by atoms with van der Waals surface area (Å²) in [5.74, 6) is 0. The number of fused-ring (bicyclic) bond motifs is 1. The average Bonchev–Trinajstić information content (AvgIpc) is 2.73. The molecule has 1 aliphatic rings. The van der Waals surface area contributed by atoms with Crippen molar-refractivity contribution in [2.45, 2.75) is 19.4 Å². The summed E-state index contributed by atoms with van der Waals surface area (Å²) < 4.78 is 0. The predicted octanol–water partition coefficient (Wildman–Crippen LogP) is 2.30. The van der Waals surface area contributed by atoms with Crippen molar-refractivity contribution >= 4 is 17.0 Å². The van der Waals surface area contributed by atoms with Crippen molar-refractivity contribution in [3.8, 4) is 0 Å². The fourth-order valence-corrected chi connectivity index (χ4v) is 3.49. The molecule has 0 saturated heterocycles. The number of thiazole rings is 1. The molecule has 2 N–H and O–H groups in total. The standard InChI is InChI=1S/C14H17N3S/c1-17-7-6-12-13(9-17)18-14(16-12)8-10-2-4-11(15)5-3-10/h2-5H,6-9,15H2,1H3. The van der Waals surface area contributed by atoms with Gasteiger partial charge in [0, 0.05) is 36.5 Å². The first-order valence-electron chi connectivity index (χ1n) is 6.21. The number of anilines is 1. The normalized spacial score (nSPS) is 15.6. The van der Waals surface area contributed by atoms with E-state index in [1.54, 1.807) is 0 Å². The van der Waals surface area contributed by atoms with Gasteiger partial charge >= 0.3 is 0 Å². The summed E-state index contributed by atoms with van der Waals surface area (Å²) in [4.78, 5) is 8.56. The Morgan fingerprint density at radius 2 is 2.11 bits per heavy atom. The first kappa shape index (κ1) is 11.7. The number of rotatable bonds is 2. The maximum Gasteiger partial charge on any atom is 0.0975 e. The molecule has 3 nitrogen and oxygen atoms in total. The highest BCUT2D eigenvalue weighted by Gasteiger charge is 2.18. The smallest absolute Gasteiger partial charge is 0.0975 e. The molecular weight excluding hydrogens is 242 g/mol. The van der Waals surface area contributed by atoms with Crippen LogP contribution in [0.15, 0.2) is 24.3 Å². The predicted molar refractivity (Wildman–Crippen MR) is 75.8 cm³/mol. The maximum atomic E-state index is 5.70. The number of aromatic nitrogens is 1. The molecule has 0 amide bonds. The monoisotopic (exact) mass is 259 g/mol. The molecule has 3 rings (SSSR count). The second-order valence-corrected chi connectivity index (χ2v) is 6.05. The van der Waals surface area contributed by atoms with E-state index >= 15 is 0 Å². The molecule has 0 unspecified atom stereocenters. The summed E-state index contributed by atoms with van der Waals surface area (Å²) in [6.45, 7) is 2.17. The van der Waals surface area contributed by atoms with Crippen molar-refractivity contribution < 1.29 is 0 Å². The molecule has 0 atom stereocenters. The maximum absolute atomic E-state index is 5.70. The number of hydrogen-bond acceptors (Lipinski definition) is 4. The van der Waals surface area contributed by atoms with E-state index in [1.165, 1.54) is 21.1 Å². The molecule has 0 saturated carbocycles. The van der Waals surface area contributed by atoms with E-state index in [9.17, 15) is 0 Å². The summed E-state index contributed by atoms with van der Waals surface area (Å²) in [6, 6.07) is 8.08. The Bertz CT molecular complexity index is 545. The van der Waals surface area contributed by atoms with Gasteiger partial charge in [0.15, 0.2) is 0 Å². The Hall–Kier alpha value is -1.39. The van der Waals surface area contributed by atoms with Crippen LogP contribution >= 0.6 is 11.3 Å². The summed E-state index contributed by atoms with van der Waals surface area (Å²) >= 11 is 1.85. The van der Waals surface area contributed by atoms with Crippen LogP contribution in [0.4, 0.5) is 5.69 Å². The zero-order chi connectivity index (χ0) is 12.5. The van der Waals surface area contributed by atoms with Crippen LogP contribution in [-0.4, -0.2) is 23.5 Å². The Morgan fingerprint density at radius 1 is 1.33 bits per heavy atom. The Labute approximate surface area is 111 Å². The quantitative estimate of drug-likeness (QED) is 0.842. The van der Waals surface area contributed by atoms with Gasteiger partial charge in [0.05, 0.1) is 10.7 Å². The summed E-state index contributed by atoms with van der Waals surface area (Å²) in [7, 11) is 2.17. The van der Waals surface area contributed by atoms with Crippen molar-refractivity contribution in [2.24, 2.45) is 0 Å². The fraction of sp³-hybridized carbons (Fsp3) is 0.357. The van der Waals surface area contributed by atoms with E-state index in [-0.39, 0.29) is 0 Å². The minimum atomic E-state index is 0.818. The van der Waals surface area contributed by atoms with E-state index in [2.05, 4.69) is 24.1 Å². The summed E-state index contributed by atoms with van der Waals surface area (Å²) in [6.07, 6.45) is 2.01. The molecule has 2 aromatic rings. The molecule has 0 fully saturated rings. The summed E-state index contributed by atoms with van der Waals surface area (Å²) in [5, 5.41) is 1.22. The number of nitrogens with zero attached hydrogens (tertiary/aromatic N) is 2. The lowest BCUT2D eigenvalue weighted by Gasteiger charge is -2.20. The van der Waals surface area contributed by atoms with E-state index in [4.69, 9.17) is 10.7 Å². The Balaban J connectivity index is 1.79. The molecule has 0 aliphatic carbocycles. The third-order valence-electron chi connectivity index (χ3n) is 3.30. The van der Waals surface area contributed by atoms with Gasteiger partial charge < -0.3 is 10.6 Å². The third kappa shape index (κ3) is 2.40. The molecule has 1 aliphatic heterocycles. The lowest BCUT2D eigenvalue weighted by Crippen LogP contribution is -2.25. The van der Waals surface area contributed by atoms with Gasteiger partial charge in [-0.2, -0.15) is 0 Å². The van der Waals surface area contributed by atoms with Crippen molar-refractivity contribution in [2.75, 3.05) is 19.3 Å². The van der Waals surface area contributed by atoms with Crippen LogP contribution in [0, 0.1) is 0 Å². The van der Waals surface area contributed by atoms with Gasteiger partial charge in [-0.25, -0.2) is 4.98 Å². The van der Waals surface area contributed by atoms with Gasteiger partial charge in [0.1, 0.15) is 0 Å². The van der Waals surface area contributed by atoms with Crippen LogP contribution < -0.4 is 5.73 Å². The Kier molecular flexibility index (Phi) is 3.06. The van der Waals surface area contributed by atoms with Crippen LogP contribution in [0.3, 0.4) is 0 Å². The largest absolute Gasteiger partial charge is 0.399 e. The highest BCUT2D eigenvalue weighted by Crippen LogP contribution is 2.26. The van der Waals surface area contributed by atoms with Crippen LogP contribution in [0.5, 0.6) is 0 Å². The number of benzene rings is 1. The third-order valence-corrected chi connectivity index (χ3v) is 4.38. The highest BCUT2D eigenvalue weighted by atomic mass is 32.1. The van der Waals surface area contributed by atoms with Gasteiger partial charge in [0.2, 0.25) is 0 Å². The van der Waals surface area contributed by atoms with Crippen molar-refractivity contribution in [1.82, 2.24) is 9.88 Å². The molecule has 94 valence electrons. The number of nitrogen functional groups attached to an aromatic ring is 1. The fourth-order valence-electron chi connectivity index (χ4n) is 2.26. The van der Waals surface area contributed by atoms with Gasteiger partial charge in [-0.3, -0.25) is 0 Å². The molecule has 4 heteroatoms. The van der Waals surface area contributed by atoms with Crippen LogP contribution in [0.2, 0.25) is 0 Å². The van der Waals surface area contributed by atoms with Crippen molar-refractivity contribution in [1.29, 1.82) is 0 Å². The second kappa shape index (κ2) is 4.71. The molecule has 0 spiro atoms. The zero-order valence-corrected chi connectivity index (χ0v) is 11.3. The second-order valence-electron chi connectivity index (χ2n) is 4.88. The number of hydrogen-bond donors (Lipinski definition) is 1. The molecular formula is C14H17N3S. The average molecular weight is 259 g/mol. The Morgan fingerprint density at radius 3 is 2.89 bits per heavy atom. The van der Waals surface area contributed by atoms with Crippen molar-refractivity contribution in [3.63, 3.8) is 0 Å². The minimum absolute atomic E-state index is 0.818. The van der Waals surface area contributed by atoms with Crippen LogP contribution in [-0.2, 0) is 19.4 Å². The van der Waals surface area contributed by atoms with Crippen LogP contribution in [0.1, 0.15) is 21.1 Å². The molecule has 0 bridgehead atoms. The van der Waals surface area contributed by atoms with Crippen molar-refractivity contribution in [3.05, 3.63) is 45.4 Å². The lowest BCUT2D eigenvalue weighted by atomic mass is 10.1. The molecule has 2 heterocycles. The number of likely N-dealkylation sites (N-methyl/N-ethyl adjacent to an activating group) is 1. The molecule has 1 aromatic carbocycles. The van der Waals surface area contributed by atoms with Gasteiger partial charge in [0.25, 0.3) is 0 Å². The van der Waals surface area contributed by atoms with Gasteiger partial charge in [-0.05, 0) is 24.7 Å². The van der Waals surface area contributed by atoms with Gasteiger partial charge in [-0.1, -0.05) is 12.1 Å². The van der Waals surface area contributed by atoms with E-state index in [0.29, 0.717) is 0 Å². The summed E-state index contributed by atoms with van der Waals surface area (Å²) in [5.41, 5.74) is 9.10. The molecule has 1 aromatic heterocycles. The van der Waals surface area contributed by atoms with Gasteiger partial charge in [-0.15, -0.1) is 11.3 Å². The number of nitrogens with two attached hydrogens (primary N) is 1. The first-order chi connectivity index (χ1) is 8.70. The topological polar surface area (TPSA) is 42.2 Å².